The second kappa shape index (κ2) is 5.11. The van der Waals surface area contributed by atoms with Gasteiger partial charge in [-0.1, -0.05) is 31.2 Å². The Morgan fingerprint density at radius 3 is 2.69 bits per heavy atom. The van der Waals surface area contributed by atoms with Gasteiger partial charge in [0.05, 0.1) is 0 Å². The number of hydrogen-bond acceptors (Lipinski definition) is 1. The van der Waals surface area contributed by atoms with Crippen LogP contribution in [-0.2, 0) is 11.2 Å². The highest BCUT2D eigenvalue weighted by atomic mass is 16.1. The SMILES string of the molecule is CCc1ccccc1C=C1CCCCC1=O. The topological polar surface area (TPSA) is 17.1 Å². The fraction of sp³-hybridized carbons (Fsp3) is 0.400. The molecule has 0 amide bonds. The lowest BCUT2D eigenvalue weighted by Crippen LogP contribution is -2.08. The molecule has 2 rings (SSSR count). The molecule has 0 atom stereocenters. The Hall–Kier alpha value is -1.37. The summed E-state index contributed by atoms with van der Waals surface area (Å²) in [5.41, 5.74) is 3.57. The first kappa shape index (κ1) is 11.1. The average Bonchev–Trinajstić information content (AvgIpc) is 2.33. The molecular formula is C15H18O. The van der Waals surface area contributed by atoms with Gasteiger partial charge in [-0.3, -0.25) is 4.79 Å². The van der Waals surface area contributed by atoms with Crippen LogP contribution >= 0.6 is 0 Å². The minimum absolute atomic E-state index is 0.345. The van der Waals surface area contributed by atoms with Gasteiger partial charge in [0, 0.05) is 6.42 Å². The number of rotatable bonds is 2. The maximum Gasteiger partial charge on any atom is 0.158 e. The van der Waals surface area contributed by atoms with Gasteiger partial charge in [-0.05, 0) is 48.5 Å². The molecule has 0 aliphatic heterocycles. The molecule has 1 aliphatic rings. The number of hydrogen-bond donors (Lipinski definition) is 0. The van der Waals surface area contributed by atoms with Crippen LogP contribution in [-0.4, -0.2) is 5.78 Å². The van der Waals surface area contributed by atoms with Gasteiger partial charge in [0.15, 0.2) is 5.78 Å². The van der Waals surface area contributed by atoms with Crippen molar-refractivity contribution in [3.8, 4) is 0 Å². The van der Waals surface area contributed by atoms with Gasteiger partial charge < -0.3 is 0 Å². The van der Waals surface area contributed by atoms with Crippen LogP contribution in [0.3, 0.4) is 0 Å². The molecule has 0 radical (unpaired) electrons. The van der Waals surface area contributed by atoms with Crippen molar-refractivity contribution in [2.45, 2.75) is 39.0 Å². The summed E-state index contributed by atoms with van der Waals surface area (Å²) in [6.07, 6.45) is 7.03. The van der Waals surface area contributed by atoms with E-state index in [4.69, 9.17) is 0 Å². The number of allylic oxidation sites excluding steroid dienone is 1. The lowest BCUT2D eigenvalue weighted by atomic mass is 9.91. The van der Waals surface area contributed by atoms with Crippen molar-refractivity contribution in [1.82, 2.24) is 0 Å². The Balaban J connectivity index is 2.30. The summed E-state index contributed by atoms with van der Waals surface area (Å²) in [7, 11) is 0. The second-order valence-corrected chi connectivity index (χ2v) is 4.35. The van der Waals surface area contributed by atoms with E-state index >= 15 is 0 Å². The first-order valence-corrected chi connectivity index (χ1v) is 6.13. The first-order valence-electron chi connectivity index (χ1n) is 6.13. The molecule has 84 valence electrons. The van der Waals surface area contributed by atoms with Crippen LogP contribution < -0.4 is 0 Å². The van der Waals surface area contributed by atoms with Crippen molar-refractivity contribution in [3.63, 3.8) is 0 Å². The summed E-state index contributed by atoms with van der Waals surface area (Å²) >= 11 is 0. The van der Waals surface area contributed by atoms with E-state index < -0.39 is 0 Å². The summed E-state index contributed by atoms with van der Waals surface area (Å²) in [5.74, 6) is 0.345. The zero-order chi connectivity index (χ0) is 11.4. The standard InChI is InChI=1S/C15H18O/c1-2-12-7-3-4-8-13(12)11-14-9-5-6-10-15(14)16/h3-4,7-8,11H,2,5-6,9-10H2,1H3. The maximum atomic E-state index is 11.7. The monoisotopic (exact) mass is 214 g/mol. The predicted molar refractivity (Wildman–Crippen MR) is 67.3 cm³/mol. The number of carbonyl (C=O) groups is 1. The van der Waals surface area contributed by atoms with Crippen LogP contribution in [0.15, 0.2) is 29.8 Å². The molecule has 0 saturated heterocycles. The molecular weight excluding hydrogens is 196 g/mol. The van der Waals surface area contributed by atoms with Crippen molar-refractivity contribution in [3.05, 3.63) is 41.0 Å². The number of Topliss-reactive ketones (excluding diaryl/α,β-unsaturated/α-hetero) is 1. The van der Waals surface area contributed by atoms with E-state index in [1.54, 1.807) is 0 Å². The Kier molecular flexibility index (Phi) is 3.55. The van der Waals surface area contributed by atoms with Crippen LogP contribution in [0.2, 0.25) is 0 Å². The van der Waals surface area contributed by atoms with E-state index in [1.165, 1.54) is 11.1 Å². The molecule has 1 nitrogen and oxygen atoms in total. The fourth-order valence-electron chi connectivity index (χ4n) is 2.24. The van der Waals surface area contributed by atoms with E-state index in [9.17, 15) is 4.79 Å². The van der Waals surface area contributed by atoms with Crippen molar-refractivity contribution in [1.29, 1.82) is 0 Å². The summed E-state index contributed by atoms with van der Waals surface area (Å²) in [6.45, 7) is 2.15. The molecule has 0 aromatic heterocycles. The third-order valence-corrected chi connectivity index (χ3v) is 3.22. The molecule has 1 heteroatoms. The molecule has 16 heavy (non-hydrogen) atoms. The van der Waals surface area contributed by atoms with Gasteiger partial charge in [-0.15, -0.1) is 0 Å². The summed E-state index contributed by atoms with van der Waals surface area (Å²) < 4.78 is 0. The minimum atomic E-state index is 0.345. The summed E-state index contributed by atoms with van der Waals surface area (Å²) in [5, 5.41) is 0. The molecule has 0 bridgehead atoms. The lowest BCUT2D eigenvalue weighted by molar-refractivity contribution is -0.116. The molecule has 1 aromatic rings. The van der Waals surface area contributed by atoms with E-state index in [2.05, 4.69) is 31.2 Å². The minimum Gasteiger partial charge on any atom is -0.295 e. The van der Waals surface area contributed by atoms with Crippen molar-refractivity contribution in [2.24, 2.45) is 0 Å². The maximum absolute atomic E-state index is 11.7. The van der Waals surface area contributed by atoms with Gasteiger partial charge in [0.2, 0.25) is 0 Å². The zero-order valence-corrected chi connectivity index (χ0v) is 9.83. The van der Waals surface area contributed by atoms with Crippen molar-refractivity contribution >= 4 is 11.9 Å². The van der Waals surface area contributed by atoms with Crippen molar-refractivity contribution in [2.75, 3.05) is 0 Å². The highest BCUT2D eigenvalue weighted by molar-refractivity contribution is 6.00. The highest BCUT2D eigenvalue weighted by Crippen LogP contribution is 2.23. The quantitative estimate of drug-likeness (QED) is 0.685. The van der Waals surface area contributed by atoms with Gasteiger partial charge >= 0.3 is 0 Å². The van der Waals surface area contributed by atoms with E-state index in [1.807, 2.05) is 6.07 Å². The van der Waals surface area contributed by atoms with Gasteiger partial charge in [-0.25, -0.2) is 0 Å². The van der Waals surface area contributed by atoms with Crippen LogP contribution in [0.25, 0.3) is 6.08 Å². The molecule has 1 fully saturated rings. The lowest BCUT2D eigenvalue weighted by Gasteiger charge is -2.13. The average molecular weight is 214 g/mol. The molecule has 0 heterocycles. The molecule has 1 saturated carbocycles. The van der Waals surface area contributed by atoms with Crippen molar-refractivity contribution < 1.29 is 4.79 Å². The Bertz CT molecular complexity index is 415. The van der Waals surface area contributed by atoms with Crippen LogP contribution in [0.5, 0.6) is 0 Å². The summed E-state index contributed by atoms with van der Waals surface area (Å²) in [4.78, 5) is 11.7. The Morgan fingerprint density at radius 2 is 1.94 bits per heavy atom. The van der Waals surface area contributed by atoms with E-state index in [0.29, 0.717) is 5.78 Å². The molecule has 0 unspecified atom stereocenters. The fourth-order valence-corrected chi connectivity index (χ4v) is 2.24. The van der Waals surface area contributed by atoms with E-state index in [-0.39, 0.29) is 0 Å². The molecule has 0 N–H and O–H groups in total. The molecule has 1 aromatic carbocycles. The third kappa shape index (κ3) is 2.41. The largest absolute Gasteiger partial charge is 0.295 e. The predicted octanol–water partition coefficient (Wildman–Crippen LogP) is 3.78. The molecule has 1 aliphatic carbocycles. The zero-order valence-electron chi connectivity index (χ0n) is 9.83. The third-order valence-electron chi connectivity index (χ3n) is 3.22. The molecule has 0 spiro atoms. The van der Waals surface area contributed by atoms with Crippen LogP contribution in [0.1, 0.15) is 43.7 Å². The van der Waals surface area contributed by atoms with Gasteiger partial charge in [0.25, 0.3) is 0 Å². The normalized spacial score (nSPS) is 19.1. The Morgan fingerprint density at radius 1 is 1.19 bits per heavy atom. The second-order valence-electron chi connectivity index (χ2n) is 4.35. The number of ketones is 1. The van der Waals surface area contributed by atoms with E-state index in [0.717, 1.165) is 37.7 Å². The van der Waals surface area contributed by atoms with Gasteiger partial charge in [-0.2, -0.15) is 0 Å². The van der Waals surface area contributed by atoms with Crippen LogP contribution in [0.4, 0.5) is 0 Å². The number of aryl methyl sites for hydroxylation is 1. The van der Waals surface area contributed by atoms with Gasteiger partial charge in [0.1, 0.15) is 0 Å². The highest BCUT2D eigenvalue weighted by Gasteiger charge is 2.14. The smallest absolute Gasteiger partial charge is 0.158 e. The number of carbonyl (C=O) groups excluding carboxylic acids is 1. The van der Waals surface area contributed by atoms with Crippen LogP contribution in [0, 0.1) is 0 Å². The first-order chi connectivity index (χ1) is 7.81. The Labute approximate surface area is 97.2 Å². The summed E-state index contributed by atoms with van der Waals surface area (Å²) in [6, 6.07) is 8.34. The number of benzene rings is 1.